The van der Waals surface area contributed by atoms with Gasteiger partial charge in [-0.15, -0.1) is 0 Å². The van der Waals surface area contributed by atoms with E-state index >= 15 is 0 Å². The Balaban J connectivity index is 1.54. The van der Waals surface area contributed by atoms with E-state index in [9.17, 15) is 4.39 Å². The third-order valence-corrected chi connectivity index (χ3v) is 4.24. The summed E-state index contributed by atoms with van der Waals surface area (Å²) in [6.07, 6.45) is 2.34. The van der Waals surface area contributed by atoms with E-state index in [0.717, 1.165) is 5.56 Å². The number of hydrogen-bond donors (Lipinski definition) is 1. The van der Waals surface area contributed by atoms with Crippen molar-refractivity contribution in [2.45, 2.75) is 37.8 Å². The number of hydrogen-bond acceptors (Lipinski definition) is 1. The standard InChI is InChI=1S/C18H20FN/c1-13(15-8-5-9-17(19)10-15)20-18-11-16(12-18)14-6-3-2-4-7-14/h2-10,13,16,18,20H,11-12H2,1H3/t13-,16?,18?/m1/s1. The van der Waals surface area contributed by atoms with Gasteiger partial charge in [0.05, 0.1) is 0 Å². The molecule has 0 aromatic heterocycles. The van der Waals surface area contributed by atoms with Gasteiger partial charge in [-0.05, 0) is 48.9 Å². The molecule has 2 aromatic carbocycles. The number of benzene rings is 2. The Morgan fingerprint density at radius 2 is 1.80 bits per heavy atom. The molecule has 1 nitrogen and oxygen atoms in total. The maximum absolute atomic E-state index is 13.2. The molecule has 2 heteroatoms. The predicted octanol–water partition coefficient (Wildman–Crippen LogP) is 4.42. The molecule has 0 unspecified atom stereocenters. The summed E-state index contributed by atoms with van der Waals surface area (Å²) in [5.41, 5.74) is 2.46. The molecule has 20 heavy (non-hydrogen) atoms. The topological polar surface area (TPSA) is 12.0 Å². The first kappa shape index (κ1) is 13.3. The molecule has 0 saturated heterocycles. The Kier molecular flexibility index (Phi) is 3.83. The molecular weight excluding hydrogens is 249 g/mol. The van der Waals surface area contributed by atoms with Crippen LogP contribution < -0.4 is 5.32 Å². The van der Waals surface area contributed by atoms with Gasteiger partial charge in [0.15, 0.2) is 0 Å². The summed E-state index contributed by atoms with van der Waals surface area (Å²) in [6.45, 7) is 2.10. The number of halogens is 1. The first-order valence-electron chi connectivity index (χ1n) is 7.29. The van der Waals surface area contributed by atoms with E-state index in [1.165, 1.54) is 24.5 Å². The van der Waals surface area contributed by atoms with Crippen molar-refractivity contribution >= 4 is 0 Å². The summed E-state index contributed by atoms with van der Waals surface area (Å²) in [7, 11) is 0. The predicted molar refractivity (Wildman–Crippen MR) is 80.2 cm³/mol. The molecule has 1 N–H and O–H groups in total. The van der Waals surface area contributed by atoms with Crippen LogP contribution in [0.5, 0.6) is 0 Å². The highest BCUT2D eigenvalue weighted by Crippen LogP contribution is 2.37. The first-order chi connectivity index (χ1) is 9.72. The lowest BCUT2D eigenvalue weighted by molar-refractivity contribution is 0.270. The highest BCUT2D eigenvalue weighted by molar-refractivity contribution is 5.24. The fourth-order valence-electron chi connectivity index (χ4n) is 2.98. The van der Waals surface area contributed by atoms with Crippen LogP contribution in [0.3, 0.4) is 0 Å². The zero-order chi connectivity index (χ0) is 13.9. The van der Waals surface area contributed by atoms with E-state index in [0.29, 0.717) is 12.0 Å². The lowest BCUT2D eigenvalue weighted by Crippen LogP contribution is -2.41. The van der Waals surface area contributed by atoms with E-state index in [4.69, 9.17) is 0 Å². The fourth-order valence-corrected chi connectivity index (χ4v) is 2.98. The zero-order valence-corrected chi connectivity index (χ0v) is 11.7. The minimum absolute atomic E-state index is 0.160. The molecule has 1 aliphatic carbocycles. The zero-order valence-electron chi connectivity index (χ0n) is 11.7. The average molecular weight is 269 g/mol. The molecule has 0 spiro atoms. The van der Waals surface area contributed by atoms with E-state index in [2.05, 4.69) is 42.6 Å². The lowest BCUT2D eigenvalue weighted by atomic mass is 9.75. The van der Waals surface area contributed by atoms with E-state index in [-0.39, 0.29) is 11.9 Å². The third-order valence-electron chi connectivity index (χ3n) is 4.24. The van der Waals surface area contributed by atoms with E-state index in [1.807, 2.05) is 6.07 Å². The largest absolute Gasteiger partial charge is 0.307 e. The van der Waals surface area contributed by atoms with E-state index in [1.54, 1.807) is 12.1 Å². The second kappa shape index (κ2) is 5.76. The molecule has 1 fully saturated rings. The second-order valence-electron chi connectivity index (χ2n) is 5.72. The molecule has 104 valence electrons. The van der Waals surface area contributed by atoms with Crippen molar-refractivity contribution in [3.05, 3.63) is 71.5 Å². The maximum atomic E-state index is 13.2. The monoisotopic (exact) mass is 269 g/mol. The van der Waals surface area contributed by atoms with Crippen molar-refractivity contribution < 1.29 is 4.39 Å². The Bertz CT molecular complexity index is 561. The molecule has 1 aliphatic rings. The van der Waals surface area contributed by atoms with Crippen LogP contribution in [-0.4, -0.2) is 6.04 Å². The fraction of sp³-hybridized carbons (Fsp3) is 0.333. The van der Waals surface area contributed by atoms with Gasteiger partial charge >= 0.3 is 0 Å². The smallest absolute Gasteiger partial charge is 0.123 e. The van der Waals surface area contributed by atoms with Crippen LogP contribution >= 0.6 is 0 Å². The van der Waals surface area contributed by atoms with Crippen LogP contribution in [0.1, 0.15) is 42.9 Å². The van der Waals surface area contributed by atoms with Crippen molar-refractivity contribution in [1.29, 1.82) is 0 Å². The van der Waals surface area contributed by atoms with Crippen molar-refractivity contribution in [3.8, 4) is 0 Å². The van der Waals surface area contributed by atoms with Crippen molar-refractivity contribution in [1.82, 2.24) is 5.32 Å². The average Bonchev–Trinajstić information content (AvgIpc) is 2.43. The number of nitrogens with one attached hydrogen (secondary N) is 1. The highest BCUT2D eigenvalue weighted by atomic mass is 19.1. The highest BCUT2D eigenvalue weighted by Gasteiger charge is 2.30. The van der Waals surface area contributed by atoms with Gasteiger partial charge < -0.3 is 5.32 Å². The van der Waals surface area contributed by atoms with Gasteiger partial charge in [0.2, 0.25) is 0 Å². The van der Waals surface area contributed by atoms with Gasteiger partial charge in [-0.1, -0.05) is 42.5 Å². The van der Waals surface area contributed by atoms with Crippen LogP contribution in [0.2, 0.25) is 0 Å². The summed E-state index contributed by atoms with van der Waals surface area (Å²) >= 11 is 0. The molecule has 0 bridgehead atoms. The Labute approximate surface area is 119 Å². The van der Waals surface area contributed by atoms with Gasteiger partial charge in [0.25, 0.3) is 0 Å². The Morgan fingerprint density at radius 3 is 2.50 bits per heavy atom. The van der Waals surface area contributed by atoms with Gasteiger partial charge in [0.1, 0.15) is 5.82 Å². The maximum Gasteiger partial charge on any atom is 0.123 e. The second-order valence-corrected chi connectivity index (χ2v) is 5.72. The molecule has 0 radical (unpaired) electrons. The van der Waals surface area contributed by atoms with Crippen LogP contribution in [0.25, 0.3) is 0 Å². The summed E-state index contributed by atoms with van der Waals surface area (Å²) in [4.78, 5) is 0. The summed E-state index contributed by atoms with van der Waals surface area (Å²) in [5, 5.41) is 3.59. The minimum atomic E-state index is -0.160. The lowest BCUT2D eigenvalue weighted by Gasteiger charge is -2.38. The van der Waals surface area contributed by atoms with Crippen LogP contribution in [-0.2, 0) is 0 Å². The van der Waals surface area contributed by atoms with Gasteiger partial charge in [-0.3, -0.25) is 0 Å². The van der Waals surface area contributed by atoms with Crippen molar-refractivity contribution in [2.24, 2.45) is 0 Å². The minimum Gasteiger partial charge on any atom is -0.307 e. The Hall–Kier alpha value is -1.67. The van der Waals surface area contributed by atoms with Crippen LogP contribution in [0.15, 0.2) is 54.6 Å². The molecule has 0 heterocycles. The molecule has 1 saturated carbocycles. The molecule has 2 aromatic rings. The Morgan fingerprint density at radius 1 is 1.05 bits per heavy atom. The van der Waals surface area contributed by atoms with Gasteiger partial charge in [-0.2, -0.15) is 0 Å². The quantitative estimate of drug-likeness (QED) is 0.866. The third kappa shape index (κ3) is 2.91. The first-order valence-corrected chi connectivity index (χ1v) is 7.29. The molecule has 3 rings (SSSR count). The van der Waals surface area contributed by atoms with E-state index < -0.39 is 0 Å². The van der Waals surface area contributed by atoms with Gasteiger partial charge in [0, 0.05) is 12.1 Å². The molecule has 0 aliphatic heterocycles. The number of rotatable bonds is 4. The summed E-state index contributed by atoms with van der Waals surface area (Å²) in [6, 6.07) is 18.3. The normalized spacial score (nSPS) is 23.1. The molecular formula is C18H20FN. The van der Waals surface area contributed by atoms with Crippen LogP contribution in [0.4, 0.5) is 4.39 Å². The van der Waals surface area contributed by atoms with Crippen LogP contribution in [0, 0.1) is 5.82 Å². The van der Waals surface area contributed by atoms with Crippen molar-refractivity contribution in [3.63, 3.8) is 0 Å². The molecule has 1 atom stereocenters. The summed E-state index contributed by atoms with van der Waals surface area (Å²) < 4.78 is 13.2. The SMILES string of the molecule is C[C@@H](NC1CC(c2ccccc2)C1)c1cccc(F)c1. The molecule has 0 amide bonds. The summed E-state index contributed by atoms with van der Waals surface area (Å²) in [5.74, 6) is 0.514. The van der Waals surface area contributed by atoms with Crippen molar-refractivity contribution in [2.75, 3.05) is 0 Å². The van der Waals surface area contributed by atoms with Gasteiger partial charge in [-0.25, -0.2) is 4.39 Å².